The molecular formula is C17H30N4. The molecular weight excluding hydrogens is 260 g/mol. The Morgan fingerprint density at radius 2 is 1.90 bits per heavy atom. The molecule has 0 saturated heterocycles. The summed E-state index contributed by atoms with van der Waals surface area (Å²) in [5, 5.41) is 7.03. The van der Waals surface area contributed by atoms with Crippen molar-refractivity contribution in [2.24, 2.45) is 11.8 Å². The van der Waals surface area contributed by atoms with Gasteiger partial charge in [-0.2, -0.15) is 0 Å². The lowest BCUT2D eigenvalue weighted by atomic mass is 9.80. The molecule has 0 amide bonds. The molecule has 1 heterocycles. The van der Waals surface area contributed by atoms with Gasteiger partial charge in [-0.05, 0) is 37.5 Å². The zero-order chi connectivity index (χ0) is 15.2. The predicted molar refractivity (Wildman–Crippen MR) is 89.8 cm³/mol. The Morgan fingerprint density at radius 1 is 1.14 bits per heavy atom. The second kappa shape index (κ2) is 7.62. The van der Waals surface area contributed by atoms with Gasteiger partial charge >= 0.3 is 0 Å². The van der Waals surface area contributed by atoms with E-state index in [1.807, 2.05) is 0 Å². The second-order valence-electron chi connectivity index (χ2n) is 6.48. The van der Waals surface area contributed by atoms with Crippen molar-refractivity contribution in [2.45, 2.75) is 65.8 Å². The van der Waals surface area contributed by atoms with Crippen molar-refractivity contribution in [2.75, 3.05) is 17.2 Å². The van der Waals surface area contributed by atoms with Crippen molar-refractivity contribution in [1.29, 1.82) is 0 Å². The van der Waals surface area contributed by atoms with Crippen LogP contribution >= 0.6 is 0 Å². The van der Waals surface area contributed by atoms with Crippen molar-refractivity contribution in [1.82, 2.24) is 9.97 Å². The maximum Gasteiger partial charge on any atom is 0.132 e. The van der Waals surface area contributed by atoms with Gasteiger partial charge in [-0.15, -0.1) is 0 Å². The lowest BCUT2D eigenvalue weighted by Gasteiger charge is -2.33. The molecule has 1 aliphatic carbocycles. The third-order valence-electron chi connectivity index (χ3n) is 4.41. The molecule has 1 aromatic rings. The third kappa shape index (κ3) is 4.58. The predicted octanol–water partition coefficient (Wildman–Crippen LogP) is 4.10. The highest BCUT2D eigenvalue weighted by Gasteiger charge is 2.25. The van der Waals surface area contributed by atoms with E-state index in [1.165, 1.54) is 19.3 Å². The van der Waals surface area contributed by atoms with Gasteiger partial charge in [0.2, 0.25) is 0 Å². The Labute approximate surface area is 129 Å². The summed E-state index contributed by atoms with van der Waals surface area (Å²) in [6.07, 6.45) is 5.84. The molecule has 2 rings (SSSR count). The van der Waals surface area contributed by atoms with Crippen LogP contribution < -0.4 is 10.6 Å². The lowest BCUT2D eigenvalue weighted by molar-refractivity contribution is 0.276. The number of aromatic nitrogens is 2. The van der Waals surface area contributed by atoms with Crippen LogP contribution in [0.3, 0.4) is 0 Å². The van der Waals surface area contributed by atoms with Crippen LogP contribution in [0.5, 0.6) is 0 Å². The molecule has 118 valence electrons. The number of anilines is 2. The minimum atomic E-state index is 0.542. The molecule has 1 saturated carbocycles. The summed E-state index contributed by atoms with van der Waals surface area (Å²) < 4.78 is 0. The van der Waals surface area contributed by atoms with Crippen LogP contribution in [-0.2, 0) is 6.42 Å². The second-order valence-corrected chi connectivity index (χ2v) is 6.48. The average Bonchev–Trinajstić information content (AvgIpc) is 2.48. The molecule has 1 aliphatic rings. The Balaban J connectivity index is 2.07. The van der Waals surface area contributed by atoms with Gasteiger partial charge in [0.05, 0.1) is 0 Å². The SMILES string of the molecule is CCCNc1cc(NC2CCC(C)CC2C)nc(CC)n1. The summed E-state index contributed by atoms with van der Waals surface area (Å²) in [5.41, 5.74) is 0. The maximum atomic E-state index is 4.65. The molecule has 4 nitrogen and oxygen atoms in total. The number of nitrogens with one attached hydrogen (secondary N) is 2. The fourth-order valence-electron chi connectivity index (χ4n) is 3.14. The highest BCUT2D eigenvalue weighted by atomic mass is 15.1. The maximum absolute atomic E-state index is 4.65. The molecule has 0 aliphatic heterocycles. The van der Waals surface area contributed by atoms with E-state index in [4.69, 9.17) is 0 Å². The van der Waals surface area contributed by atoms with E-state index in [2.05, 4.69) is 54.4 Å². The minimum absolute atomic E-state index is 0.542. The molecule has 0 aromatic carbocycles. The van der Waals surface area contributed by atoms with Gasteiger partial charge in [-0.25, -0.2) is 9.97 Å². The van der Waals surface area contributed by atoms with Gasteiger partial charge < -0.3 is 10.6 Å². The van der Waals surface area contributed by atoms with E-state index < -0.39 is 0 Å². The highest BCUT2D eigenvalue weighted by molar-refractivity contribution is 5.48. The van der Waals surface area contributed by atoms with Gasteiger partial charge in [0, 0.05) is 25.1 Å². The zero-order valence-corrected chi connectivity index (χ0v) is 13.9. The van der Waals surface area contributed by atoms with Crippen molar-refractivity contribution < 1.29 is 0 Å². The summed E-state index contributed by atoms with van der Waals surface area (Å²) in [5.74, 6) is 4.41. The van der Waals surface area contributed by atoms with Gasteiger partial charge in [-0.3, -0.25) is 0 Å². The largest absolute Gasteiger partial charge is 0.370 e. The van der Waals surface area contributed by atoms with Crippen LogP contribution in [0.1, 0.15) is 59.2 Å². The first-order valence-electron chi connectivity index (χ1n) is 8.50. The molecule has 0 radical (unpaired) electrons. The average molecular weight is 290 g/mol. The first-order chi connectivity index (χ1) is 10.1. The third-order valence-corrected chi connectivity index (χ3v) is 4.41. The smallest absolute Gasteiger partial charge is 0.132 e. The van der Waals surface area contributed by atoms with Crippen LogP contribution in [0.25, 0.3) is 0 Å². The molecule has 3 unspecified atom stereocenters. The Hall–Kier alpha value is -1.32. The van der Waals surface area contributed by atoms with Gasteiger partial charge in [0.25, 0.3) is 0 Å². The van der Waals surface area contributed by atoms with Crippen LogP contribution in [-0.4, -0.2) is 22.6 Å². The first kappa shape index (κ1) is 16.1. The summed E-state index contributed by atoms with van der Waals surface area (Å²) in [6.45, 7) is 9.94. The van der Waals surface area contributed by atoms with E-state index in [-0.39, 0.29) is 0 Å². The van der Waals surface area contributed by atoms with Crippen LogP contribution in [0.2, 0.25) is 0 Å². The summed E-state index contributed by atoms with van der Waals surface area (Å²) in [4.78, 5) is 9.20. The number of rotatable bonds is 6. The monoisotopic (exact) mass is 290 g/mol. The fourth-order valence-corrected chi connectivity index (χ4v) is 3.14. The van der Waals surface area contributed by atoms with Crippen molar-refractivity contribution >= 4 is 11.6 Å². The lowest BCUT2D eigenvalue weighted by Crippen LogP contribution is -2.33. The van der Waals surface area contributed by atoms with Crippen LogP contribution in [0.4, 0.5) is 11.6 Å². The number of hydrogen-bond donors (Lipinski definition) is 2. The summed E-state index contributed by atoms with van der Waals surface area (Å²) in [6, 6.07) is 2.60. The summed E-state index contributed by atoms with van der Waals surface area (Å²) in [7, 11) is 0. The quantitative estimate of drug-likeness (QED) is 0.828. The molecule has 3 atom stereocenters. The fraction of sp³-hybridized carbons (Fsp3) is 0.765. The van der Waals surface area contributed by atoms with E-state index in [0.29, 0.717) is 12.0 Å². The van der Waals surface area contributed by atoms with E-state index >= 15 is 0 Å². The standard InChI is InChI=1S/C17H30N4/c1-5-9-18-16-11-17(21-15(6-2)20-16)19-14-8-7-12(3)10-13(14)4/h11-14H,5-10H2,1-4H3,(H2,18,19,20,21). The number of nitrogens with zero attached hydrogens (tertiary/aromatic N) is 2. The Bertz CT molecular complexity index is 446. The molecule has 1 fully saturated rings. The van der Waals surface area contributed by atoms with Crippen LogP contribution in [0, 0.1) is 11.8 Å². The molecule has 0 bridgehead atoms. The van der Waals surface area contributed by atoms with Crippen molar-refractivity contribution in [3.8, 4) is 0 Å². The minimum Gasteiger partial charge on any atom is -0.370 e. The highest BCUT2D eigenvalue weighted by Crippen LogP contribution is 2.30. The first-order valence-corrected chi connectivity index (χ1v) is 8.50. The molecule has 0 spiro atoms. The van der Waals surface area contributed by atoms with E-state index in [9.17, 15) is 0 Å². The van der Waals surface area contributed by atoms with Gasteiger partial charge in [-0.1, -0.05) is 27.7 Å². The van der Waals surface area contributed by atoms with Gasteiger partial charge in [0.1, 0.15) is 17.5 Å². The van der Waals surface area contributed by atoms with E-state index in [1.54, 1.807) is 0 Å². The normalized spacial score (nSPS) is 25.6. The molecule has 2 N–H and O–H groups in total. The molecule has 4 heteroatoms. The van der Waals surface area contributed by atoms with Crippen molar-refractivity contribution in [3.63, 3.8) is 0 Å². The number of hydrogen-bond acceptors (Lipinski definition) is 4. The van der Waals surface area contributed by atoms with E-state index in [0.717, 1.165) is 42.8 Å². The topological polar surface area (TPSA) is 49.8 Å². The molecule has 1 aromatic heterocycles. The zero-order valence-electron chi connectivity index (χ0n) is 13.9. The summed E-state index contributed by atoms with van der Waals surface area (Å²) >= 11 is 0. The number of aryl methyl sites for hydroxylation is 1. The van der Waals surface area contributed by atoms with Crippen molar-refractivity contribution in [3.05, 3.63) is 11.9 Å². The van der Waals surface area contributed by atoms with Crippen LogP contribution in [0.15, 0.2) is 6.07 Å². The van der Waals surface area contributed by atoms with Gasteiger partial charge in [0.15, 0.2) is 0 Å². The Morgan fingerprint density at radius 3 is 2.57 bits per heavy atom. The Kier molecular flexibility index (Phi) is 5.83. The molecule has 21 heavy (non-hydrogen) atoms.